The standard InChI is InChI=1S/C14H18IN3O/c1-9-6-5-7-10(12(9)15)13-18-17-11(19-13)8-16-14(2,3)4/h5-7,16H,8H2,1-4H3. The van der Waals surface area contributed by atoms with Crippen molar-refractivity contribution in [2.75, 3.05) is 0 Å². The molecule has 0 saturated carbocycles. The van der Waals surface area contributed by atoms with Gasteiger partial charge >= 0.3 is 0 Å². The predicted octanol–water partition coefficient (Wildman–Crippen LogP) is 3.54. The van der Waals surface area contributed by atoms with E-state index in [0.717, 1.165) is 9.13 Å². The summed E-state index contributed by atoms with van der Waals surface area (Å²) >= 11 is 2.31. The second-order valence-electron chi connectivity index (χ2n) is 5.54. The van der Waals surface area contributed by atoms with E-state index in [1.165, 1.54) is 5.56 Å². The lowest BCUT2D eigenvalue weighted by molar-refractivity contribution is 0.383. The Bertz CT molecular complexity index is 572. The topological polar surface area (TPSA) is 51.0 Å². The van der Waals surface area contributed by atoms with Gasteiger partial charge in [-0.25, -0.2) is 0 Å². The molecule has 0 saturated heterocycles. The minimum Gasteiger partial charge on any atom is -0.419 e. The number of hydrogen-bond donors (Lipinski definition) is 1. The summed E-state index contributed by atoms with van der Waals surface area (Å²) in [6, 6.07) is 6.08. The summed E-state index contributed by atoms with van der Waals surface area (Å²) in [7, 11) is 0. The van der Waals surface area contributed by atoms with Crippen LogP contribution in [0, 0.1) is 10.5 Å². The molecule has 2 aromatic rings. The van der Waals surface area contributed by atoms with E-state index in [9.17, 15) is 0 Å². The first-order chi connectivity index (χ1) is 8.87. The molecule has 0 amide bonds. The zero-order valence-electron chi connectivity index (χ0n) is 11.6. The third kappa shape index (κ3) is 3.76. The van der Waals surface area contributed by atoms with E-state index in [1.807, 2.05) is 12.1 Å². The number of hydrogen-bond acceptors (Lipinski definition) is 4. The first kappa shape index (κ1) is 14.5. The Morgan fingerprint density at radius 1 is 1.26 bits per heavy atom. The van der Waals surface area contributed by atoms with Crippen LogP contribution in [0.15, 0.2) is 22.6 Å². The van der Waals surface area contributed by atoms with Crippen LogP contribution >= 0.6 is 22.6 Å². The van der Waals surface area contributed by atoms with Crippen LogP contribution in [0.3, 0.4) is 0 Å². The van der Waals surface area contributed by atoms with Crippen LogP contribution in [0.5, 0.6) is 0 Å². The number of nitrogens with zero attached hydrogens (tertiary/aromatic N) is 2. The van der Waals surface area contributed by atoms with Crippen LogP contribution < -0.4 is 5.32 Å². The average Bonchev–Trinajstić information content (AvgIpc) is 2.78. The van der Waals surface area contributed by atoms with Crippen molar-refractivity contribution in [3.63, 3.8) is 0 Å². The van der Waals surface area contributed by atoms with E-state index < -0.39 is 0 Å². The quantitative estimate of drug-likeness (QED) is 0.839. The number of aryl methyl sites for hydroxylation is 1. The van der Waals surface area contributed by atoms with Crippen LogP contribution in [0.1, 0.15) is 32.2 Å². The minimum atomic E-state index is 0.0341. The van der Waals surface area contributed by atoms with Gasteiger partial charge in [0.25, 0.3) is 0 Å². The molecular formula is C14H18IN3O. The Kier molecular flexibility index (Phi) is 4.25. The molecule has 1 N–H and O–H groups in total. The number of halogens is 1. The van der Waals surface area contributed by atoms with Gasteiger partial charge in [-0.15, -0.1) is 10.2 Å². The maximum Gasteiger partial charge on any atom is 0.248 e. The minimum absolute atomic E-state index is 0.0341. The van der Waals surface area contributed by atoms with Gasteiger partial charge in [-0.3, -0.25) is 0 Å². The van der Waals surface area contributed by atoms with Crippen molar-refractivity contribution in [3.05, 3.63) is 33.2 Å². The van der Waals surface area contributed by atoms with Crippen LogP contribution in [-0.4, -0.2) is 15.7 Å². The summed E-state index contributed by atoms with van der Waals surface area (Å²) in [6.45, 7) is 8.97. The highest BCUT2D eigenvalue weighted by molar-refractivity contribution is 14.1. The van der Waals surface area contributed by atoms with Gasteiger partial charge in [-0.2, -0.15) is 0 Å². The van der Waals surface area contributed by atoms with Gasteiger partial charge in [0, 0.05) is 9.11 Å². The molecule has 2 rings (SSSR count). The van der Waals surface area contributed by atoms with Crippen LogP contribution in [0.4, 0.5) is 0 Å². The lowest BCUT2D eigenvalue weighted by atomic mass is 10.1. The molecule has 4 nitrogen and oxygen atoms in total. The van der Waals surface area contributed by atoms with E-state index in [1.54, 1.807) is 0 Å². The maximum absolute atomic E-state index is 5.71. The summed E-state index contributed by atoms with van der Waals surface area (Å²) in [5.41, 5.74) is 2.24. The van der Waals surface area contributed by atoms with Gasteiger partial charge in [0.05, 0.1) is 12.1 Å². The molecule has 1 heterocycles. The maximum atomic E-state index is 5.71. The highest BCUT2D eigenvalue weighted by Gasteiger charge is 2.14. The largest absolute Gasteiger partial charge is 0.419 e. The molecule has 19 heavy (non-hydrogen) atoms. The number of aromatic nitrogens is 2. The molecule has 5 heteroatoms. The van der Waals surface area contributed by atoms with Gasteiger partial charge in [-0.1, -0.05) is 12.1 Å². The predicted molar refractivity (Wildman–Crippen MR) is 83.8 cm³/mol. The highest BCUT2D eigenvalue weighted by atomic mass is 127. The van der Waals surface area contributed by atoms with Crippen LogP contribution in [0.25, 0.3) is 11.5 Å². The van der Waals surface area contributed by atoms with Gasteiger partial charge in [0.15, 0.2) is 0 Å². The van der Waals surface area contributed by atoms with Crippen molar-refractivity contribution in [1.82, 2.24) is 15.5 Å². The van der Waals surface area contributed by atoms with E-state index in [-0.39, 0.29) is 5.54 Å². The number of nitrogens with one attached hydrogen (secondary N) is 1. The van der Waals surface area contributed by atoms with Gasteiger partial charge in [0.1, 0.15) is 0 Å². The second-order valence-corrected chi connectivity index (χ2v) is 6.62. The first-order valence-corrected chi connectivity index (χ1v) is 7.27. The Morgan fingerprint density at radius 3 is 2.68 bits per heavy atom. The van der Waals surface area contributed by atoms with E-state index in [4.69, 9.17) is 4.42 Å². The van der Waals surface area contributed by atoms with Gasteiger partial charge in [-0.05, 0) is 61.9 Å². The molecule has 1 aromatic carbocycles. The fraction of sp³-hybridized carbons (Fsp3) is 0.429. The molecule has 0 bridgehead atoms. The number of rotatable bonds is 3. The lowest BCUT2D eigenvalue weighted by Gasteiger charge is -2.18. The monoisotopic (exact) mass is 371 g/mol. The summed E-state index contributed by atoms with van der Waals surface area (Å²) in [4.78, 5) is 0. The summed E-state index contributed by atoms with van der Waals surface area (Å²) < 4.78 is 6.86. The van der Waals surface area contributed by atoms with Gasteiger partial charge in [0.2, 0.25) is 11.8 Å². The zero-order valence-corrected chi connectivity index (χ0v) is 13.8. The van der Waals surface area contributed by atoms with Crippen molar-refractivity contribution in [2.24, 2.45) is 0 Å². The van der Waals surface area contributed by atoms with E-state index >= 15 is 0 Å². The molecule has 0 unspecified atom stereocenters. The second kappa shape index (κ2) is 5.58. The summed E-state index contributed by atoms with van der Waals surface area (Å²) in [5.74, 6) is 1.20. The van der Waals surface area contributed by atoms with Gasteiger partial charge < -0.3 is 9.73 Å². The summed E-state index contributed by atoms with van der Waals surface area (Å²) in [6.07, 6.45) is 0. The smallest absolute Gasteiger partial charge is 0.248 e. The van der Waals surface area contributed by atoms with Crippen LogP contribution in [0.2, 0.25) is 0 Å². The van der Waals surface area contributed by atoms with Crippen molar-refractivity contribution >= 4 is 22.6 Å². The average molecular weight is 371 g/mol. The Balaban J connectivity index is 2.19. The molecule has 0 spiro atoms. The van der Waals surface area contributed by atoms with Crippen molar-refractivity contribution < 1.29 is 4.42 Å². The molecule has 0 atom stereocenters. The van der Waals surface area contributed by atoms with E-state index in [0.29, 0.717) is 18.3 Å². The fourth-order valence-electron chi connectivity index (χ4n) is 1.59. The lowest BCUT2D eigenvalue weighted by Crippen LogP contribution is -2.35. The third-order valence-electron chi connectivity index (χ3n) is 2.66. The molecule has 0 radical (unpaired) electrons. The fourth-order valence-corrected chi connectivity index (χ4v) is 2.18. The van der Waals surface area contributed by atoms with Crippen LogP contribution in [-0.2, 0) is 6.54 Å². The first-order valence-electron chi connectivity index (χ1n) is 6.20. The molecule has 0 aliphatic carbocycles. The molecule has 1 aromatic heterocycles. The molecular weight excluding hydrogens is 353 g/mol. The zero-order chi connectivity index (χ0) is 14.0. The molecule has 102 valence electrons. The SMILES string of the molecule is Cc1cccc(-c2nnc(CNC(C)(C)C)o2)c1I. The normalized spacial score (nSPS) is 11.8. The van der Waals surface area contributed by atoms with Crippen molar-refractivity contribution in [1.29, 1.82) is 0 Å². The van der Waals surface area contributed by atoms with Crippen molar-refractivity contribution in [2.45, 2.75) is 39.8 Å². The van der Waals surface area contributed by atoms with Crippen molar-refractivity contribution in [3.8, 4) is 11.5 Å². The molecule has 0 aliphatic rings. The Hall–Kier alpha value is -0.950. The Labute approximate surface area is 127 Å². The highest BCUT2D eigenvalue weighted by Crippen LogP contribution is 2.26. The summed E-state index contributed by atoms with van der Waals surface area (Å²) in [5, 5.41) is 11.5. The third-order valence-corrected chi connectivity index (χ3v) is 4.09. The number of benzene rings is 1. The Morgan fingerprint density at radius 2 is 2.00 bits per heavy atom. The van der Waals surface area contributed by atoms with E-state index in [2.05, 4.69) is 71.9 Å². The molecule has 0 fully saturated rings. The molecule has 0 aliphatic heterocycles.